The van der Waals surface area contributed by atoms with Crippen molar-refractivity contribution < 1.29 is 0 Å². The Kier molecular flexibility index (Phi) is 7.41. The molecule has 1 aromatic heterocycles. The normalized spacial score (nSPS) is 11.5. The Morgan fingerprint density at radius 2 is 0.865 bits per heavy atom. The zero-order valence-corrected chi connectivity index (χ0v) is 29.2. The smallest absolute Gasteiger partial charge is 0.0540 e. The van der Waals surface area contributed by atoms with Crippen LogP contribution in [-0.4, -0.2) is 0 Å². The summed E-state index contributed by atoms with van der Waals surface area (Å²) in [6.45, 7) is 0. The second-order valence-electron chi connectivity index (χ2n) is 13.4. The van der Waals surface area contributed by atoms with E-state index in [2.05, 4.69) is 205 Å². The van der Waals surface area contributed by atoms with Crippen molar-refractivity contribution in [3.05, 3.63) is 200 Å². The van der Waals surface area contributed by atoms with E-state index in [1.807, 2.05) is 11.3 Å². The number of nitrogens with zero attached hydrogens (tertiary/aromatic N) is 1. The van der Waals surface area contributed by atoms with Crippen LogP contribution in [0, 0.1) is 0 Å². The van der Waals surface area contributed by atoms with E-state index in [1.165, 1.54) is 75.1 Å². The lowest BCUT2D eigenvalue weighted by Gasteiger charge is -2.28. The lowest BCUT2D eigenvalue weighted by molar-refractivity contribution is 1.28. The lowest BCUT2D eigenvalue weighted by atomic mass is 9.98. The number of rotatable bonds is 6. The second kappa shape index (κ2) is 12.7. The fourth-order valence-corrected chi connectivity index (χ4v) is 8.72. The van der Waals surface area contributed by atoms with Gasteiger partial charge in [0.25, 0.3) is 0 Å². The largest absolute Gasteiger partial charge is 0.310 e. The minimum absolute atomic E-state index is 1.11. The second-order valence-corrected chi connectivity index (χ2v) is 14.5. The molecule has 1 heterocycles. The van der Waals surface area contributed by atoms with Gasteiger partial charge in [-0.3, -0.25) is 0 Å². The van der Waals surface area contributed by atoms with Crippen LogP contribution in [0.25, 0.3) is 75.1 Å². The third-order valence-electron chi connectivity index (χ3n) is 10.2. The molecule has 10 rings (SSSR count). The average Bonchev–Trinajstić information content (AvgIpc) is 3.58. The van der Waals surface area contributed by atoms with Gasteiger partial charge in [-0.25, -0.2) is 0 Å². The van der Waals surface area contributed by atoms with E-state index in [4.69, 9.17) is 0 Å². The maximum absolute atomic E-state index is 2.38. The van der Waals surface area contributed by atoms with E-state index in [1.54, 1.807) is 0 Å². The monoisotopic (exact) mass is 679 g/mol. The van der Waals surface area contributed by atoms with Gasteiger partial charge in [-0.2, -0.15) is 0 Å². The maximum atomic E-state index is 2.38. The summed E-state index contributed by atoms with van der Waals surface area (Å²) in [6, 6.07) is 72.9. The molecule has 10 aromatic rings. The predicted molar refractivity (Wildman–Crippen MR) is 225 cm³/mol. The Labute approximate surface area is 307 Å². The third kappa shape index (κ3) is 5.42. The molecule has 0 atom stereocenters. The molecule has 0 saturated heterocycles. The molecule has 0 spiro atoms. The van der Waals surface area contributed by atoms with Gasteiger partial charge in [0, 0.05) is 37.1 Å². The van der Waals surface area contributed by atoms with Crippen molar-refractivity contribution in [3.8, 4) is 33.4 Å². The Bertz CT molecular complexity index is 2890. The molecule has 9 aromatic carbocycles. The van der Waals surface area contributed by atoms with Gasteiger partial charge in [-0.1, -0.05) is 140 Å². The zero-order chi connectivity index (χ0) is 34.4. The first-order valence-electron chi connectivity index (χ1n) is 17.7. The van der Waals surface area contributed by atoms with Gasteiger partial charge in [-0.15, -0.1) is 11.3 Å². The van der Waals surface area contributed by atoms with Crippen molar-refractivity contribution in [2.75, 3.05) is 4.90 Å². The number of anilines is 3. The summed E-state index contributed by atoms with van der Waals surface area (Å²) < 4.78 is 2.67. The Morgan fingerprint density at radius 3 is 1.62 bits per heavy atom. The number of thiophene rings is 1. The molecular weight excluding hydrogens is 647 g/mol. The van der Waals surface area contributed by atoms with Gasteiger partial charge in [0.05, 0.1) is 5.69 Å². The average molecular weight is 680 g/mol. The number of fused-ring (bicyclic) bond motifs is 5. The minimum Gasteiger partial charge on any atom is -0.310 e. The van der Waals surface area contributed by atoms with E-state index < -0.39 is 0 Å². The van der Waals surface area contributed by atoms with E-state index in [-0.39, 0.29) is 0 Å². The van der Waals surface area contributed by atoms with Gasteiger partial charge in [0.1, 0.15) is 0 Å². The molecule has 0 bridgehead atoms. The number of hydrogen-bond donors (Lipinski definition) is 0. The van der Waals surface area contributed by atoms with Crippen LogP contribution in [0.15, 0.2) is 200 Å². The summed E-state index contributed by atoms with van der Waals surface area (Å²) in [5.74, 6) is 0. The van der Waals surface area contributed by atoms with Gasteiger partial charge in [0.2, 0.25) is 0 Å². The van der Waals surface area contributed by atoms with Crippen molar-refractivity contribution in [2.24, 2.45) is 0 Å². The molecule has 0 N–H and O–H groups in total. The van der Waals surface area contributed by atoms with Crippen molar-refractivity contribution in [3.63, 3.8) is 0 Å². The molecule has 244 valence electrons. The van der Waals surface area contributed by atoms with Crippen molar-refractivity contribution >= 4 is 70.1 Å². The number of hydrogen-bond acceptors (Lipinski definition) is 2. The summed E-state index contributed by atoms with van der Waals surface area (Å²) in [4.78, 5) is 2.38. The first-order chi connectivity index (χ1) is 25.7. The minimum atomic E-state index is 1.11. The highest BCUT2D eigenvalue weighted by molar-refractivity contribution is 7.25. The van der Waals surface area contributed by atoms with Crippen LogP contribution in [0.2, 0.25) is 0 Å². The molecule has 2 heteroatoms. The van der Waals surface area contributed by atoms with Crippen LogP contribution in [0.3, 0.4) is 0 Å². The molecule has 0 unspecified atom stereocenters. The van der Waals surface area contributed by atoms with Crippen LogP contribution in [0.1, 0.15) is 0 Å². The highest BCUT2D eigenvalue weighted by Gasteiger charge is 2.18. The molecule has 0 amide bonds. The fraction of sp³-hybridized carbons (Fsp3) is 0. The zero-order valence-electron chi connectivity index (χ0n) is 28.4. The van der Waals surface area contributed by atoms with Crippen LogP contribution >= 0.6 is 11.3 Å². The highest BCUT2D eigenvalue weighted by Crippen LogP contribution is 2.42. The molecule has 0 saturated carbocycles. The summed E-state index contributed by atoms with van der Waals surface area (Å²) in [7, 11) is 0. The Hall–Kier alpha value is -6.48. The highest BCUT2D eigenvalue weighted by atomic mass is 32.1. The van der Waals surface area contributed by atoms with E-state index >= 15 is 0 Å². The summed E-state index contributed by atoms with van der Waals surface area (Å²) in [5, 5.41) is 7.73. The molecule has 0 aliphatic heterocycles. The van der Waals surface area contributed by atoms with Gasteiger partial charge in [0.15, 0.2) is 0 Å². The first kappa shape index (κ1) is 30.4. The summed E-state index contributed by atoms with van der Waals surface area (Å²) in [6.07, 6.45) is 0. The van der Waals surface area contributed by atoms with Crippen molar-refractivity contribution in [2.45, 2.75) is 0 Å². The molecule has 0 radical (unpaired) electrons. The van der Waals surface area contributed by atoms with Gasteiger partial charge in [-0.05, 0) is 110 Å². The molecule has 0 aliphatic rings. The molecule has 52 heavy (non-hydrogen) atoms. The molecule has 0 aliphatic carbocycles. The van der Waals surface area contributed by atoms with E-state index in [0.717, 1.165) is 17.1 Å². The molecular formula is C50H33NS. The van der Waals surface area contributed by atoms with Crippen molar-refractivity contribution in [1.29, 1.82) is 0 Å². The number of benzene rings is 9. The summed E-state index contributed by atoms with van der Waals surface area (Å²) >= 11 is 1.87. The lowest BCUT2D eigenvalue weighted by Crippen LogP contribution is -2.11. The molecule has 1 nitrogen and oxygen atoms in total. The first-order valence-corrected chi connectivity index (χ1v) is 18.6. The van der Waals surface area contributed by atoms with Gasteiger partial charge >= 0.3 is 0 Å². The fourth-order valence-electron chi connectivity index (χ4n) is 7.58. The quantitative estimate of drug-likeness (QED) is 0.169. The topological polar surface area (TPSA) is 3.24 Å². The Morgan fingerprint density at radius 1 is 0.308 bits per heavy atom. The van der Waals surface area contributed by atoms with Crippen LogP contribution < -0.4 is 4.90 Å². The van der Waals surface area contributed by atoms with E-state index in [0.29, 0.717) is 0 Å². The number of para-hydroxylation sites is 1. The van der Waals surface area contributed by atoms with Crippen LogP contribution in [0.5, 0.6) is 0 Å². The van der Waals surface area contributed by atoms with Crippen molar-refractivity contribution in [1.82, 2.24) is 0 Å². The molecule has 0 fully saturated rings. The third-order valence-corrected chi connectivity index (χ3v) is 11.4. The Balaban J connectivity index is 1.05. The van der Waals surface area contributed by atoms with Crippen LogP contribution in [0.4, 0.5) is 17.1 Å². The predicted octanol–water partition coefficient (Wildman–Crippen LogP) is 14.8. The standard InChI is InChI=1S/C50H33NS/c1-2-11-37(12-3-1)45-14-6-8-16-48(45)51(43-26-22-35(23-27-43)39-19-18-34-10-4-5-13-38(34)30-39)44-28-24-36(25-29-44)40-20-21-41-32-47-46-15-7-9-17-49(46)52-50(47)33-42(41)31-40/h1-33H. The van der Waals surface area contributed by atoms with Gasteiger partial charge < -0.3 is 4.90 Å². The van der Waals surface area contributed by atoms with Crippen LogP contribution in [-0.2, 0) is 0 Å². The maximum Gasteiger partial charge on any atom is 0.0540 e. The SMILES string of the molecule is c1ccc(-c2ccccc2N(c2ccc(-c3ccc4ccccc4c3)cc2)c2ccc(-c3ccc4cc5c(cc4c3)sc3ccccc35)cc2)cc1. The van der Waals surface area contributed by atoms with E-state index in [9.17, 15) is 0 Å². The summed E-state index contributed by atoms with van der Waals surface area (Å²) in [5.41, 5.74) is 10.6.